The highest BCUT2D eigenvalue weighted by Crippen LogP contribution is 2.52. The molecule has 234 valence electrons. The van der Waals surface area contributed by atoms with Gasteiger partial charge in [-0.15, -0.1) is 0 Å². The SMILES string of the molecule is C=C(CN(C)C)Nc1ccc(C#Cc2ccc(O)c3c2C[C@H]2C[C@H]4[C@H](N(C)C)C(=O)C(C(N)=O)=C(O)[C@@]4(O)C(=O)C2=C3O)cc1. The number of ketones is 2. The van der Waals surface area contributed by atoms with Gasteiger partial charge in [-0.1, -0.05) is 18.4 Å². The predicted octanol–water partition coefficient (Wildman–Crippen LogP) is 1.85. The van der Waals surface area contributed by atoms with Crippen LogP contribution in [0.5, 0.6) is 5.75 Å². The highest BCUT2D eigenvalue weighted by atomic mass is 16.3. The maximum absolute atomic E-state index is 14.0. The Bertz CT molecular complexity index is 1760. The van der Waals surface area contributed by atoms with Crippen molar-refractivity contribution in [3.8, 4) is 17.6 Å². The van der Waals surface area contributed by atoms with Crippen LogP contribution in [0.15, 0.2) is 65.6 Å². The van der Waals surface area contributed by atoms with E-state index < -0.39 is 58.0 Å². The molecule has 3 aliphatic carbocycles. The average Bonchev–Trinajstić information content (AvgIpc) is 2.94. The van der Waals surface area contributed by atoms with Gasteiger partial charge < -0.3 is 36.4 Å². The molecule has 3 aliphatic rings. The Morgan fingerprint density at radius 2 is 1.73 bits per heavy atom. The summed E-state index contributed by atoms with van der Waals surface area (Å²) in [5, 5.41) is 48.2. The van der Waals surface area contributed by atoms with E-state index in [4.69, 9.17) is 5.73 Å². The van der Waals surface area contributed by atoms with Crippen LogP contribution in [0.3, 0.4) is 0 Å². The minimum atomic E-state index is -2.68. The summed E-state index contributed by atoms with van der Waals surface area (Å²) in [5.41, 5.74) is 5.08. The van der Waals surface area contributed by atoms with E-state index in [0.717, 1.165) is 16.9 Å². The standard InChI is InChI=1S/C34H36N4O7/c1-17(16-37(2)3)36-21-11-7-18(8-12-21)6-9-19-10-13-24(39)26-22(19)14-20-15-23-28(38(4)5)30(41)27(33(35)44)32(43)34(23,45)31(42)25(20)29(26)40/h7-8,10-13,20,23,28,36,39-40,43,45H,1,14-16H2,2-5H3,(H2,35,44)/t20-,23-,28-,34-/m0/s1. The van der Waals surface area contributed by atoms with E-state index in [-0.39, 0.29) is 29.7 Å². The zero-order valence-corrected chi connectivity index (χ0v) is 25.5. The number of Topliss-reactive ketones (excluding diaryl/α,β-unsaturated/α-hetero) is 2. The number of primary amides is 1. The van der Waals surface area contributed by atoms with Crippen molar-refractivity contribution in [2.24, 2.45) is 17.6 Å². The van der Waals surface area contributed by atoms with E-state index in [1.54, 1.807) is 20.2 Å². The summed E-state index contributed by atoms with van der Waals surface area (Å²) in [6.45, 7) is 4.70. The molecule has 45 heavy (non-hydrogen) atoms. The van der Waals surface area contributed by atoms with E-state index in [9.17, 15) is 34.8 Å². The van der Waals surface area contributed by atoms with Gasteiger partial charge in [-0.3, -0.25) is 19.3 Å². The van der Waals surface area contributed by atoms with Gasteiger partial charge >= 0.3 is 0 Å². The number of amides is 1. The first-order chi connectivity index (χ1) is 21.2. The van der Waals surface area contributed by atoms with Gasteiger partial charge in [0.25, 0.3) is 5.91 Å². The number of nitrogens with two attached hydrogens (primary N) is 1. The molecule has 0 aliphatic heterocycles. The third-order valence-electron chi connectivity index (χ3n) is 8.66. The highest BCUT2D eigenvalue weighted by molar-refractivity contribution is 6.24. The van der Waals surface area contributed by atoms with Crippen molar-refractivity contribution in [1.82, 2.24) is 9.80 Å². The van der Waals surface area contributed by atoms with Crippen LogP contribution in [0.1, 0.15) is 28.7 Å². The van der Waals surface area contributed by atoms with Gasteiger partial charge in [-0.25, -0.2) is 0 Å². The van der Waals surface area contributed by atoms with Gasteiger partial charge in [-0.2, -0.15) is 0 Å². The predicted molar refractivity (Wildman–Crippen MR) is 168 cm³/mol. The minimum absolute atomic E-state index is 0.00185. The number of nitrogens with one attached hydrogen (secondary N) is 1. The van der Waals surface area contributed by atoms with Crippen molar-refractivity contribution < 1.29 is 34.8 Å². The zero-order chi connectivity index (χ0) is 33.0. The van der Waals surface area contributed by atoms with Crippen molar-refractivity contribution in [2.45, 2.75) is 24.5 Å². The number of likely N-dealkylation sites (N-methyl/N-ethyl adjacent to an activating group) is 2. The molecule has 11 nitrogen and oxygen atoms in total. The molecule has 2 aromatic carbocycles. The van der Waals surface area contributed by atoms with E-state index in [1.807, 2.05) is 43.3 Å². The first-order valence-corrected chi connectivity index (χ1v) is 14.4. The molecular formula is C34H36N4O7. The number of hydrogen-bond acceptors (Lipinski definition) is 10. The van der Waals surface area contributed by atoms with Crippen LogP contribution < -0.4 is 11.1 Å². The lowest BCUT2D eigenvalue weighted by Gasteiger charge is -2.50. The van der Waals surface area contributed by atoms with Crippen LogP contribution in [0.2, 0.25) is 0 Å². The van der Waals surface area contributed by atoms with Crippen LogP contribution in [-0.2, 0) is 20.8 Å². The number of hydrogen-bond donors (Lipinski definition) is 6. The van der Waals surface area contributed by atoms with Crippen molar-refractivity contribution in [1.29, 1.82) is 0 Å². The second-order valence-corrected chi connectivity index (χ2v) is 12.2. The van der Waals surface area contributed by atoms with Crippen molar-refractivity contribution in [2.75, 3.05) is 40.1 Å². The van der Waals surface area contributed by atoms with Crippen molar-refractivity contribution in [3.05, 3.63) is 87.8 Å². The number of rotatable bonds is 6. The second kappa shape index (κ2) is 11.6. The fraction of sp³-hybridized carbons (Fsp3) is 0.324. The van der Waals surface area contributed by atoms with Crippen LogP contribution >= 0.6 is 0 Å². The summed E-state index contributed by atoms with van der Waals surface area (Å²) >= 11 is 0. The molecule has 1 fully saturated rings. The lowest BCUT2D eigenvalue weighted by Crippen LogP contribution is -2.65. The summed E-state index contributed by atoms with van der Waals surface area (Å²) in [5.74, 6) is -0.705. The third kappa shape index (κ3) is 5.27. The van der Waals surface area contributed by atoms with Crippen molar-refractivity contribution in [3.63, 3.8) is 0 Å². The largest absolute Gasteiger partial charge is 0.508 e. The highest BCUT2D eigenvalue weighted by Gasteiger charge is 2.64. The Balaban J connectivity index is 1.54. The monoisotopic (exact) mass is 612 g/mol. The molecule has 0 bridgehead atoms. The zero-order valence-electron chi connectivity index (χ0n) is 25.5. The number of fused-ring (bicyclic) bond motifs is 3. The number of phenols is 1. The molecule has 11 heteroatoms. The van der Waals surface area contributed by atoms with E-state index in [2.05, 4.69) is 23.7 Å². The Kier molecular flexibility index (Phi) is 8.10. The summed E-state index contributed by atoms with van der Waals surface area (Å²) in [6.07, 6.45) is 0.158. The van der Waals surface area contributed by atoms with Crippen LogP contribution in [0, 0.1) is 23.7 Å². The number of benzene rings is 2. The second-order valence-electron chi connectivity index (χ2n) is 12.2. The van der Waals surface area contributed by atoms with E-state index in [1.165, 1.54) is 11.0 Å². The fourth-order valence-corrected chi connectivity index (χ4v) is 6.76. The molecule has 0 saturated heterocycles. The van der Waals surface area contributed by atoms with Gasteiger partial charge in [0.05, 0.1) is 11.6 Å². The minimum Gasteiger partial charge on any atom is -0.508 e. The van der Waals surface area contributed by atoms with E-state index >= 15 is 0 Å². The number of aromatic hydroxyl groups is 1. The van der Waals surface area contributed by atoms with Gasteiger partial charge in [0, 0.05) is 40.5 Å². The Hall–Kier alpha value is -4.89. The molecule has 1 saturated carbocycles. The third-order valence-corrected chi connectivity index (χ3v) is 8.66. The van der Waals surface area contributed by atoms with Crippen LogP contribution in [0.25, 0.3) is 5.76 Å². The summed E-state index contributed by atoms with van der Waals surface area (Å²) in [6, 6.07) is 9.30. The molecule has 1 amide bonds. The number of carbonyl (C=O) groups excluding carboxylic acids is 3. The van der Waals surface area contributed by atoms with Gasteiger partial charge in [0.15, 0.2) is 11.4 Å². The van der Waals surface area contributed by atoms with Gasteiger partial charge in [0.2, 0.25) is 5.78 Å². The summed E-state index contributed by atoms with van der Waals surface area (Å²) in [4.78, 5) is 42.9. The Morgan fingerprint density at radius 3 is 2.33 bits per heavy atom. The normalized spacial score (nSPS) is 24.1. The Morgan fingerprint density at radius 1 is 1.07 bits per heavy atom. The topological polar surface area (TPSA) is 177 Å². The first-order valence-electron chi connectivity index (χ1n) is 14.4. The quantitative estimate of drug-likeness (QED) is 0.209. The number of anilines is 1. The molecule has 5 rings (SSSR count). The average molecular weight is 613 g/mol. The lowest BCUT2D eigenvalue weighted by atomic mass is 9.57. The number of phenolic OH excluding ortho intramolecular Hbond substituents is 1. The van der Waals surface area contributed by atoms with Gasteiger partial charge in [0.1, 0.15) is 22.8 Å². The molecule has 2 aromatic rings. The maximum Gasteiger partial charge on any atom is 0.255 e. The first kappa shape index (κ1) is 31.5. The number of nitrogens with zero attached hydrogens (tertiary/aromatic N) is 2. The van der Waals surface area contributed by atoms with E-state index in [0.29, 0.717) is 17.7 Å². The molecule has 0 radical (unpaired) electrons. The molecule has 0 heterocycles. The molecule has 7 N–H and O–H groups in total. The maximum atomic E-state index is 14.0. The van der Waals surface area contributed by atoms with Gasteiger partial charge in [-0.05, 0) is 88.9 Å². The van der Waals surface area contributed by atoms with Crippen LogP contribution in [0.4, 0.5) is 5.69 Å². The molecule has 0 aromatic heterocycles. The Labute approximate surface area is 261 Å². The number of aliphatic hydroxyl groups is 3. The molecule has 4 atom stereocenters. The smallest absolute Gasteiger partial charge is 0.255 e. The summed E-state index contributed by atoms with van der Waals surface area (Å²) in [7, 11) is 7.02. The summed E-state index contributed by atoms with van der Waals surface area (Å²) < 4.78 is 0. The molecular weight excluding hydrogens is 576 g/mol. The van der Waals surface area contributed by atoms with Crippen LogP contribution in [-0.4, -0.2) is 94.1 Å². The molecule has 0 unspecified atom stereocenters. The fourth-order valence-electron chi connectivity index (χ4n) is 6.76. The number of carbonyl (C=O) groups is 3. The number of aliphatic hydroxyl groups excluding tert-OH is 2. The van der Waals surface area contributed by atoms with Crippen molar-refractivity contribution >= 4 is 28.9 Å². The molecule has 0 spiro atoms. The lowest BCUT2D eigenvalue weighted by molar-refractivity contribution is -0.153.